The highest BCUT2D eigenvalue weighted by atomic mass is 32.2. The predicted molar refractivity (Wildman–Crippen MR) is 75.4 cm³/mol. The number of thioether (sulfide) groups is 2. The van der Waals surface area contributed by atoms with Gasteiger partial charge < -0.3 is 14.6 Å². The van der Waals surface area contributed by atoms with E-state index in [-0.39, 0.29) is 11.3 Å². The average Bonchev–Trinajstić information content (AvgIpc) is 3.07. The Kier molecular flexibility index (Phi) is 2.65. The number of amides is 1. The van der Waals surface area contributed by atoms with Gasteiger partial charge in [-0.15, -0.1) is 11.8 Å². The van der Waals surface area contributed by atoms with E-state index in [0.29, 0.717) is 11.3 Å². The summed E-state index contributed by atoms with van der Waals surface area (Å²) in [5.41, 5.74) is 1.45. The topological polar surface area (TPSA) is 75.4 Å². The zero-order chi connectivity index (χ0) is 13.9. The molecular weight excluding hydrogens is 298 g/mol. The predicted octanol–water partition coefficient (Wildman–Crippen LogP) is 0.740. The molecular formula is C12H11N3O3S2. The molecule has 8 heteroatoms. The zero-order valence-corrected chi connectivity index (χ0v) is 12.0. The van der Waals surface area contributed by atoms with E-state index in [9.17, 15) is 9.59 Å². The lowest BCUT2D eigenvalue weighted by Crippen LogP contribution is -2.56. The summed E-state index contributed by atoms with van der Waals surface area (Å²) < 4.78 is 2.08. The molecule has 3 aliphatic heterocycles. The van der Waals surface area contributed by atoms with Crippen LogP contribution >= 0.6 is 23.5 Å². The van der Waals surface area contributed by atoms with Crippen molar-refractivity contribution in [3.05, 3.63) is 17.5 Å². The van der Waals surface area contributed by atoms with Gasteiger partial charge in [-0.25, -0.2) is 9.78 Å². The third kappa shape index (κ3) is 1.64. The standard InChI is InChI=1S/C12H11N3O3S2/c16-9-7(10-15(9)8(5-20-10)11(17)18)3-6-4-14-1-2-19-12(14)13-6/h3-4,8,10H,1-2,5H2,(H,17,18)/t8?,10-/m1/s1. The van der Waals surface area contributed by atoms with E-state index in [4.69, 9.17) is 5.11 Å². The third-order valence-corrected chi connectivity index (χ3v) is 5.93. The maximum absolute atomic E-state index is 12.1. The minimum Gasteiger partial charge on any atom is -0.480 e. The summed E-state index contributed by atoms with van der Waals surface area (Å²) in [7, 11) is 0. The first-order valence-electron chi connectivity index (χ1n) is 6.24. The summed E-state index contributed by atoms with van der Waals surface area (Å²) in [6, 6.07) is -0.683. The van der Waals surface area contributed by atoms with E-state index in [2.05, 4.69) is 9.55 Å². The zero-order valence-electron chi connectivity index (χ0n) is 10.4. The number of imidazole rings is 1. The summed E-state index contributed by atoms with van der Waals surface area (Å²) in [6.07, 6.45) is 3.75. The molecule has 1 unspecified atom stereocenters. The normalized spacial score (nSPS) is 29.5. The van der Waals surface area contributed by atoms with Crippen LogP contribution in [0.1, 0.15) is 5.69 Å². The molecule has 1 amide bonds. The van der Waals surface area contributed by atoms with E-state index in [1.165, 1.54) is 16.7 Å². The molecule has 20 heavy (non-hydrogen) atoms. The molecule has 104 valence electrons. The summed E-state index contributed by atoms with van der Waals surface area (Å²) in [6.45, 7) is 0.954. The lowest BCUT2D eigenvalue weighted by Gasteiger charge is -2.38. The van der Waals surface area contributed by atoms with Crippen molar-refractivity contribution in [3.63, 3.8) is 0 Å². The summed E-state index contributed by atoms with van der Waals surface area (Å²) in [4.78, 5) is 29.1. The number of hydrogen-bond donors (Lipinski definition) is 1. The lowest BCUT2D eigenvalue weighted by molar-refractivity contribution is -0.150. The number of aromatic nitrogens is 2. The van der Waals surface area contributed by atoms with Crippen LogP contribution in [0.15, 0.2) is 16.9 Å². The maximum Gasteiger partial charge on any atom is 0.327 e. The first-order valence-corrected chi connectivity index (χ1v) is 8.27. The molecule has 4 heterocycles. The van der Waals surface area contributed by atoms with Crippen molar-refractivity contribution in [3.8, 4) is 0 Å². The number of carboxylic acids is 1. The fraction of sp³-hybridized carbons (Fsp3) is 0.417. The Morgan fingerprint density at radius 1 is 1.55 bits per heavy atom. The SMILES string of the molecule is O=C(O)C1CS[C@@H]2C(=Cc3cn4c(n3)SCC4)C(=O)N12. The van der Waals surface area contributed by atoms with E-state index < -0.39 is 12.0 Å². The number of nitrogens with zero attached hydrogens (tertiary/aromatic N) is 3. The van der Waals surface area contributed by atoms with Crippen molar-refractivity contribution in [1.82, 2.24) is 14.5 Å². The molecule has 0 saturated carbocycles. The minimum absolute atomic E-state index is 0.118. The van der Waals surface area contributed by atoms with Crippen LogP contribution < -0.4 is 0 Å². The fourth-order valence-corrected chi connectivity index (χ4v) is 5.03. The van der Waals surface area contributed by atoms with Gasteiger partial charge in [0.25, 0.3) is 5.91 Å². The van der Waals surface area contributed by atoms with E-state index in [1.54, 1.807) is 17.8 Å². The summed E-state index contributed by atoms with van der Waals surface area (Å²) in [5, 5.41) is 9.93. The number of hydrogen-bond acceptors (Lipinski definition) is 5. The minimum atomic E-state index is -0.926. The van der Waals surface area contributed by atoms with Crippen molar-refractivity contribution in [2.75, 3.05) is 11.5 Å². The Morgan fingerprint density at radius 2 is 2.40 bits per heavy atom. The van der Waals surface area contributed by atoms with Crippen LogP contribution in [0.25, 0.3) is 6.08 Å². The number of aryl methyl sites for hydroxylation is 1. The van der Waals surface area contributed by atoms with Gasteiger partial charge >= 0.3 is 5.97 Å². The molecule has 2 fully saturated rings. The number of carbonyl (C=O) groups excluding carboxylic acids is 1. The smallest absolute Gasteiger partial charge is 0.327 e. The van der Waals surface area contributed by atoms with Gasteiger partial charge in [0.1, 0.15) is 11.4 Å². The van der Waals surface area contributed by atoms with Gasteiger partial charge in [0.15, 0.2) is 5.16 Å². The molecule has 0 radical (unpaired) electrons. The first kappa shape index (κ1) is 12.3. The third-order valence-electron chi connectivity index (χ3n) is 3.66. The van der Waals surface area contributed by atoms with Crippen LogP contribution in [0.5, 0.6) is 0 Å². The van der Waals surface area contributed by atoms with Crippen molar-refractivity contribution in [1.29, 1.82) is 0 Å². The molecule has 6 nitrogen and oxygen atoms in total. The number of fused-ring (bicyclic) bond motifs is 2. The first-order chi connectivity index (χ1) is 9.65. The number of rotatable bonds is 2. The van der Waals surface area contributed by atoms with Crippen LogP contribution in [0.2, 0.25) is 0 Å². The number of carbonyl (C=O) groups is 2. The highest BCUT2D eigenvalue weighted by Gasteiger charge is 2.53. The Hall–Kier alpha value is -1.41. The van der Waals surface area contributed by atoms with Gasteiger partial charge in [0, 0.05) is 24.2 Å². The second-order valence-electron chi connectivity index (χ2n) is 4.84. The molecule has 4 rings (SSSR count). The summed E-state index contributed by atoms with van der Waals surface area (Å²) >= 11 is 3.22. The van der Waals surface area contributed by atoms with Gasteiger partial charge in [-0.05, 0) is 6.08 Å². The van der Waals surface area contributed by atoms with Crippen LogP contribution in [0.4, 0.5) is 0 Å². The van der Waals surface area contributed by atoms with Crippen molar-refractivity contribution in [2.24, 2.45) is 0 Å². The van der Waals surface area contributed by atoms with Crippen molar-refractivity contribution in [2.45, 2.75) is 23.1 Å². The van der Waals surface area contributed by atoms with Crippen LogP contribution in [-0.4, -0.2) is 54.4 Å². The van der Waals surface area contributed by atoms with Crippen LogP contribution in [0.3, 0.4) is 0 Å². The second kappa shape index (κ2) is 4.29. The van der Waals surface area contributed by atoms with Crippen LogP contribution in [0, 0.1) is 0 Å². The lowest BCUT2D eigenvalue weighted by atomic mass is 10.0. The highest BCUT2D eigenvalue weighted by Crippen LogP contribution is 2.44. The van der Waals surface area contributed by atoms with E-state index >= 15 is 0 Å². The molecule has 0 spiro atoms. The fourth-order valence-electron chi connectivity index (χ4n) is 2.66. The molecule has 0 aromatic carbocycles. The molecule has 2 saturated heterocycles. The largest absolute Gasteiger partial charge is 0.480 e. The average molecular weight is 309 g/mol. The molecule has 1 N–H and O–H groups in total. The number of carboxylic acid groups (broad SMARTS) is 1. The molecule has 1 aromatic rings. The van der Waals surface area contributed by atoms with E-state index in [1.807, 2.05) is 6.20 Å². The van der Waals surface area contributed by atoms with Crippen LogP contribution in [-0.2, 0) is 16.1 Å². The number of aliphatic carboxylic acids is 1. The monoisotopic (exact) mass is 309 g/mol. The molecule has 3 aliphatic rings. The van der Waals surface area contributed by atoms with Gasteiger partial charge in [-0.2, -0.15) is 0 Å². The Morgan fingerprint density at radius 3 is 3.15 bits per heavy atom. The van der Waals surface area contributed by atoms with Gasteiger partial charge in [-0.3, -0.25) is 4.79 Å². The number of β-lactam (4-membered cyclic amide) rings is 1. The Balaban J connectivity index is 1.60. The second-order valence-corrected chi connectivity index (χ2v) is 7.02. The molecule has 1 aromatic heterocycles. The van der Waals surface area contributed by atoms with Gasteiger partial charge in [0.05, 0.1) is 11.3 Å². The maximum atomic E-state index is 12.1. The highest BCUT2D eigenvalue weighted by molar-refractivity contribution is 8.00. The Bertz CT molecular complexity index is 633. The van der Waals surface area contributed by atoms with Gasteiger partial charge in [0.2, 0.25) is 0 Å². The quantitative estimate of drug-likeness (QED) is 0.641. The van der Waals surface area contributed by atoms with Gasteiger partial charge in [-0.1, -0.05) is 11.8 Å². The summed E-state index contributed by atoms with van der Waals surface area (Å²) in [5.74, 6) is 0.404. The molecule has 0 aliphatic carbocycles. The van der Waals surface area contributed by atoms with Crippen molar-refractivity contribution >= 4 is 41.5 Å². The molecule has 0 bridgehead atoms. The Labute approximate surface area is 123 Å². The molecule has 2 atom stereocenters. The van der Waals surface area contributed by atoms with Crippen molar-refractivity contribution < 1.29 is 14.7 Å². The van der Waals surface area contributed by atoms with E-state index in [0.717, 1.165) is 23.1 Å².